The van der Waals surface area contributed by atoms with Gasteiger partial charge in [-0.15, -0.1) is 0 Å². The van der Waals surface area contributed by atoms with Gasteiger partial charge >= 0.3 is 0 Å². The third-order valence-electron chi connectivity index (χ3n) is 6.30. The summed E-state index contributed by atoms with van der Waals surface area (Å²) in [6, 6.07) is 24.6. The predicted molar refractivity (Wildman–Crippen MR) is 119 cm³/mol. The highest BCUT2D eigenvalue weighted by molar-refractivity contribution is 7.89. The van der Waals surface area contributed by atoms with Crippen LogP contribution in [0.4, 0.5) is 0 Å². The monoisotopic (exact) mass is 432 g/mol. The molecule has 1 saturated heterocycles. The van der Waals surface area contributed by atoms with Crippen LogP contribution in [0, 0.1) is 6.92 Å². The minimum Gasteiger partial charge on any atom is -0.272 e. The second kappa shape index (κ2) is 7.62. The predicted octanol–water partition coefficient (Wildman–Crippen LogP) is 4.21. The lowest BCUT2D eigenvalue weighted by Gasteiger charge is -2.49. The zero-order chi connectivity index (χ0) is 21.6. The van der Waals surface area contributed by atoms with Gasteiger partial charge < -0.3 is 0 Å². The summed E-state index contributed by atoms with van der Waals surface area (Å²) in [6.07, 6.45) is 0.839. The topological polar surface area (TPSA) is 57.7 Å². The quantitative estimate of drug-likeness (QED) is 0.622. The normalized spacial score (nSPS) is 21.5. The Morgan fingerprint density at radius 2 is 1.55 bits per heavy atom. The van der Waals surface area contributed by atoms with Crippen LogP contribution >= 0.6 is 0 Å². The van der Waals surface area contributed by atoms with E-state index in [0.717, 1.165) is 21.1 Å². The number of amides is 1. The van der Waals surface area contributed by atoms with E-state index < -0.39 is 10.0 Å². The first-order valence-corrected chi connectivity index (χ1v) is 11.9. The minimum absolute atomic E-state index is 0.111. The lowest BCUT2D eigenvalue weighted by atomic mass is 9.79. The molecule has 3 aromatic rings. The number of aryl methyl sites for hydroxylation is 1. The van der Waals surface area contributed by atoms with E-state index in [1.54, 1.807) is 29.3 Å². The maximum atomic E-state index is 13.6. The molecule has 0 saturated carbocycles. The van der Waals surface area contributed by atoms with Gasteiger partial charge in [0.05, 0.1) is 10.9 Å². The van der Waals surface area contributed by atoms with Gasteiger partial charge in [-0.1, -0.05) is 72.3 Å². The molecule has 0 unspecified atom stereocenters. The molecule has 0 radical (unpaired) electrons. The van der Waals surface area contributed by atoms with Crippen LogP contribution in [-0.2, 0) is 21.2 Å². The second-order valence-electron chi connectivity index (χ2n) is 8.23. The van der Waals surface area contributed by atoms with Crippen LogP contribution in [0.25, 0.3) is 0 Å². The largest absolute Gasteiger partial charge is 0.280 e. The van der Waals surface area contributed by atoms with Crippen molar-refractivity contribution in [2.75, 3.05) is 6.54 Å². The number of hydrogen-bond acceptors (Lipinski definition) is 4. The highest BCUT2D eigenvalue weighted by Crippen LogP contribution is 2.47. The van der Waals surface area contributed by atoms with Crippen LogP contribution in [0.5, 0.6) is 0 Å². The molecule has 1 fully saturated rings. The molecule has 2 heterocycles. The van der Waals surface area contributed by atoms with Crippen molar-refractivity contribution in [1.82, 2.24) is 9.42 Å². The first-order valence-electron chi connectivity index (χ1n) is 10.5. The van der Waals surface area contributed by atoms with Crippen molar-refractivity contribution in [2.24, 2.45) is 0 Å². The van der Waals surface area contributed by atoms with Crippen LogP contribution in [0.1, 0.15) is 40.6 Å². The minimum atomic E-state index is -4.00. The molecule has 0 N–H and O–H groups in total. The Morgan fingerprint density at radius 3 is 2.29 bits per heavy atom. The summed E-state index contributed by atoms with van der Waals surface area (Å²) in [5, 5.41) is 1.78. The molecule has 31 heavy (non-hydrogen) atoms. The average Bonchev–Trinajstić information content (AvgIpc) is 2.79. The van der Waals surface area contributed by atoms with Gasteiger partial charge in [0.25, 0.3) is 15.9 Å². The van der Waals surface area contributed by atoms with Gasteiger partial charge in [-0.25, -0.2) is 0 Å². The molecule has 1 amide bonds. The molecule has 3 aromatic carbocycles. The Hall–Kier alpha value is -2.96. The summed E-state index contributed by atoms with van der Waals surface area (Å²) in [4.78, 5) is 13.5. The van der Waals surface area contributed by atoms with Crippen LogP contribution < -0.4 is 0 Å². The summed E-state index contributed by atoms with van der Waals surface area (Å²) < 4.78 is 28.2. The fraction of sp³-hybridized carbons (Fsp3) is 0.240. The first-order chi connectivity index (χ1) is 15.0. The first kappa shape index (κ1) is 20.0. The van der Waals surface area contributed by atoms with E-state index in [1.807, 2.05) is 49.4 Å². The Bertz CT molecular complexity index is 1220. The standard InChI is InChI=1S/C25H24N2O3S/c1-18-11-13-21(14-12-18)31(29,30)27-24(28)17-23(19-7-3-2-4-8-19)25-22-10-6-5-9-20(22)15-16-26(25)27/h2-14,23,25H,15-17H2,1H3/t23-,25+/m1/s1. The van der Waals surface area contributed by atoms with Crippen LogP contribution in [0.15, 0.2) is 83.8 Å². The van der Waals surface area contributed by atoms with E-state index in [-0.39, 0.29) is 29.2 Å². The van der Waals surface area contributed by atoms with Crippen molar-refractivity contribution in [3.63, 3.8) is 0 Å². The molecule has 2 atom stereocenters. The van der Waals surface area contributed by atoms with E-state index in [2.05, 4.69) is 12.1 Å². The van der Waals surface area contributed by atoms with E-state index >= 15 is 0 Å². The average molecular weight is 433 g/mol. The summed E-state index contributed by atoms with van der Waals surface area (Å²) in [5.74, 6) is -0.496. The number of rotatable bonds is 3. The highest BCUT2D eigenvalue weighted by Gasteiger charge is 2.49. The SMILES string of the molecule is Cc1ccc(S(=O)(=O)N2C(=O)C[C@H](c3ccccc3)[C@@H]3c4ccccc4CCN32)cc1. The van der Waals surface area contributed by atoms with E-state index in [1.165, 1.54) is 5.56 Å². The Labute approximate surface area is 183 Å². The molecule has 5 nitrogen and oxygen atoms in total. The van der Waals surface area contributed by atoms with Crippen molar-refractivity contribution in [3.05, 3.63) is 101 Å². The number of hydrazine groups is 1. The molecular formula is C25H24N2O3S. The highest BCUT2D eigenvalue weighted by atomic mass is 32.2. The van der Waals surface area contributed by atoms with Crippen molar-refractivity contribution in [2.45, 2.75) is 36.6 Å². The summed E-state index contributed by atoms with van der Waals surface area (Å²) in [7, 11) is -4.00. The van der Waals surface area contributed by atoms with E-state index in [4.69, 9.17) is 0 Å². The summed E-state index contributed by atoms with van der Waals surface area (Å²) in [6.45, 7) is 2.38. The molecule has 5 rings (SSSR count). The van der Waals surface area contributed by atoms with Gasteiger partial charge in [-0.2, -0.15) is 17.8 Å². The van der Waals surface area contributed by atoms with Gasteiger partial charge in [-0.3, -0.25) is 4.79 Å². The van der Waals surface area contributed by atoms with Crippen LogP contribution in [-0.4, -0.2) is 30.3 Å². The van der Waals surface area contributed by atoms with Crippen molar-refractivity contribution < 1.29 is 13.2 Å². The van der Waals surface area contributed by atoms with Crippen LogP contribution in [0.2, 0.25) is 0 Å². The molecule has 0 aliphatic carbocycles. The molecule has 0 aromatic heterocycles. The van der Waals surface area contributed by atoms with Crippen molar-refractivity contribution in [1.29, 1.82) is 0 Å². The Kier molecular flexibility index (Phi) is 4.91. The molecule has 2 aliphatic heterocycles. The maximum absolute atomic E-state index is 13.6. The summed E-state index contributed by atoms with van der Waals surface area (Å²) in [5.41, 5.74) is 4.33. The lowest BCUT2D eigenvalue weighted by Crippen LogP contribution is -2.58. The zero-order valence-electron chi connectivity index (χ0n) is 17.3. The number of carbonyl (C=O) groups excluding carboxylic acids is 1. The van der Waals surface area contributed by atoms with Gasteiger partial charge in [0.15, 0.2) is 0 Å². The molecule has 158 valence electrons. The summed E-state index contributed by atoms with van der Waals surface area (Å²) >= 11 is 0. The number of hydrogen-bond donors (Lipinski definition) is 0. The Morgan fingerprint density at radius 1 is 0.871 bits per heavy atom. The molecular weight excluding hydrogens is 408 g/mol. The molecule has 0 spiro atoms. The number of nitrogens with zero attached hydrogens (tertiary/aromatic N) is 2. The second-order valence-corrected chi connectivity index (χ2v) is 10.0. The van der Waals surface area contributed by atoms with Crippen molar-refractivity contribution in [3.8, 4) is 0 Å². The zero-order valence-corrected chi connectivity index (χ0v) is 18.1. The smallest absolute Gasteiger partial charge is 0.272 e. The third kappa shape index (κ3) is 3.36. The fourth-order valence-electron chi connectivity index (χ4n) is 4.82. The third-order valence-corrected chi connectivity index (χ3v) is 8.04. The van der Waals surface area contributed by atoms with Crippen molar-refractivity contribution >= 4 is 15.9 Å². The van der Waals surface area contributed by atoms with Gasteiger partial charge in [0.1, 0.15) is 0 Å². The van der Waals surface area contributed by atoms with E-state index in [9.17, 15) is 13.2 Å². The van der Waals surface area contributed by atoms with Gasteiger partial charge in [-0.05, 0) is 42.2 Å². The molecule has 2 aliphatic rings. The Balaban J connectivity index is 1.64. The molecule has 0 bridgehead atoms. The maximum Gasteiger partial charge on any atom is 0.280 e. The fourth-order valence-corrected chi connectivity index (χ4v) is 6.30. The number of benzene rings is 3. The van der Waals surface area contributed by atoms with Gasteiger partial charge in [0, 0.05) is 18.9 Å². The van der Waals surface area contributed by atoms with E-state index in [0.29, 0.717) is 13.0 Å². The van der Waals surface area contributed by atoms with Gasteiger partial charge in [0.2, 0.25) is 0 Å². The lowest BCUT2D eigenvalue weighted by molar-refractivity contribution is -0.150. The molecule has 6 heteroatoms. The number of carbonyl (C=O) groups is 1. The number of sulfonamides is 1. The van der Waals surface area contributed by atoms with Crippen LogP contribution in [0.3, 0.4) is 0 Å². The number of fused-ring (bicyclic) bond motifs is 3.